The molecule has 0 spiro atoms. The van der Waals surface area contributed by atoms with E-state index in [0.717, 1.165) is 44.9 Å². The molecule has 3 unspecified atom stereocenters. The van der Waals surface area contributed by atoms with Gasteiger partial charge in [-0.2, -0.15) is 0 Å². The summed E-state index contributed by atoms with van der Waals surface area (Å²) < 4.78 is 10.6. The fraction of sp³-hybridized carbons (Fsp3) is 1.00. The first-order valence-electron chi connectivity index (χ1n) is 10.2. The summed E-state index contributed by atoms with van der Waals surface area (Å²) in [7, 11) is 3.53. The summed E-state index contributed by atoms with van der Waals surface area (Å²) in [6.07, 6.45) is 8.10. The van der Waals surface area contributed by atoms with E-state index >= 15 is 0 Å². The SMILES string of the molecule is CC.COC1CCC(CO)CC1.COC1CCC(O)C(C(C)(C)C)C1. The van der Waals surface area contributed by atoms with E-state index in [2.05, 4.69) is 20.8 Å². The van der Waals surface area contributed by atoms with E-state index in [9.17, 15) is 5.11 Å². The van der Waals surface area contributed by atoms with Crippen molar-refractivity contribution in [3.05, 3.63) is 0 Å². The zero-order valence-corrected chi connectivity index (χ0v) is 17.8. The predicted molar refractivity (Wildman–Crippen MR) is 105 cm³/mol. The van der Waals surface area contributed by atoms with Crippen LogP contribution in [0, 0.1) is 17.3 Å². The normalized spacial score (nSPS) is 32.8. The number of aliphatic hydroxyl groups is 2. The summed E-state index contributed by atoms with van der Waals surface area (Å²) in [4.78, 5) is 0. The van der Waals surface area contributed by atoms with Crippen LogP contribution < -0.4 is 0 Å². The van der Waals surface area contributed by atoms with Crippen LogP contribution in [0.25, 0.3) is 0 Å². The van der Waals surface area contributed by atoms with Gasteiger partial charge in [-0.25, -0.2) is 0 Å². The second kappa shape index (κ2) is 13.1. The fourth-order valence-electron chi connectivity index (χ4n) is 3.81. The van der Waals surface area contributed by atoms with Gasteiger partial charge in [0.2, 0.25) is 0 Å². The Morgan fingerprint density at radius 1 is 0.840 bits per heavy atom. The second-order valence-electron chi connectivity index (χ2n) is 8.27. The lowest BCUT2D eigenvalue weighted by Crippen LogP contribution is -2.39. The van der Waals surface area contributed by atoms with Crippen LogP contribution in [0.3, 0.4) is 0 Å². The molecule has 0 radical (unpaired) electrons. The predicted octanol–water partition coefficient (Wildman–Crippen LogP) is 4.42. The molecule has 0 aromatic heterocycles. The van der Waals surface area contributed by atoms with Crippen LogP contribution in [0.15, 0.2) is 0 Å². The Morgan fingerprint density at radius 2 is 1.32 bits per heavy atom. The molecule has 2 fully saturated rings. The quantitative estimate of drug-likeness (QED) is 0.782. The number of rotatable bonds is 3. The largest absolute Gasteiger partial charge is 0.396 e. The summed E-state index contributed by atoms with van der Waals surface area (Å²) in [5.74, 6) is 0.928. The van der Waals surface area contributed by atoms with Gasteiger partial charge >= 0.3 is 0 Å². The molecule has 0 saturated heterocycles. The maximum absolute atomic E-state index is 9.86. The van der Waals surface area contributed by atoms with Crippen molar-refractivity contribution in [2.24, 2.45) is 17.3 Å². The molecule has 4 heteroatoms. The van der Waals surface area contributed by atoms with Crippen LogP contribution in [-0.2, 0) is 9.47 Å². The molecule has 2 aliphatic carbocycles. The van der Waals surface area contributed by atoms with Gasteiger partial charge in [-0.15, -0.1) is 0 Å². The molecule has 0 heterocycles. The van der Waals surface area contributed by atoms with Crippen LogP contribution in [0.4, 0.5) is 0 Å². The Labute approximate surface area is 156 Å². The molecule has 0 aromatic rings. The Hall–Kier alpha value is -0.160. The van der Waals surface area contributed by atoms with Gasteiger partial charge in [-0.3, -0.25) is 0 Å². The second-order valence-corrected chi connectivity index (χ2v) is 8.27. The van der Waals surface area contributed by atoms with Crippen molar-refractivity contribution in [1.29, 1.82) is 0 Å². The first-order valence-corrected chi connectivity index (χ1v) is 10.2. The molecule has 0 aromatic carbocycles. The van der Waals surface area contributed by atoms with E-state index in [-0.39, 0.29) is 11.5 Å². The number of hydrogen-bond acceptors (Lipinski definition) is 4. The fourth-order valence-corrected chi connectivity index (χ4v) is 3.81. The standard InChI is InChI=1S/C11H22O2.C8H16O2.C2H6/c1-11(2,3)9-7-8(13-4)5-6-10(9)12;1-10-8-4-2-7(6-9)3-5-8;1-2/h8-10,12H,5-7H2,1-4H3;7-9H,2-6H2,1H3;1-2H3. The Bertz CT molecular complexity index is 294. The monoisotopic (exact) mass is 360 g/mol. The summed E-state index contributed by atoms with van der Waals surface area (Å²) in [6.45, 7) is 10.9. The van der Waals surface area contributed by atoms with Gasteiger partial charge < -0.3 is 19.7 Å². The van der Waals surface area contributed by atoms with Gasteiger partial charge in [0.05, 0.1) is 18.3 Å². The average Bonchev–Trinajstić information content (AvgIpc) is 2.63. The van der Waals surface area contributed by atoms with Crippen LogP contribution in [0.2, 0.25) is 0 Å². The van der Waals surface area contributed by atoms with Crippen molar-refractivity contribution in [3.8, 4) is 0 Å². The summed E-state index contributed by atoms with van der Waals surface area (Å²) >= 11 is 0. The third-order valence-electron chi connectivity index (χ3n) is 5.60. The van der Waals surface area contributed by atoms with Gasteiger partial charge in [-0.05, 0) is 62.2 Å². The van der Waals surface area contributed by atoms with E-state index in [0.29, 0.717) is 30.7 Å². The van der Waals surface area contributed by atoms with Crippen molar-refractivity contribution >= 4 is 0 Å². The van der Waals surface area contributed by atoms with Crippen LogP contribution in [-0.4, -0.2) is 49.4 Å². The highest BCUT2D eigenvalue weighted by molar-refractivity contribution is 4.87. The smallest absolute Gasteiger partial charge is 0.0576 e. The third kappa shape index (κ3) is 9.37. The third-order valence-corrected chi connectivity index (χ3v) is 5.60. The molecule has 25 heavy (non-hydrogen) atoms. The van der Waals surface area contributed by atoms with E-state index in [1.807, 2.05) is 13.8 Å². The topological polar surface area (TPSA) is 58.9 Å². The molecular weight excluding hydrogens is 316 g/mol. The van der Waals surface area contributed by atoms with Gasteiger partial charge in [0.15, 0.2) is 0 Å². The van der Waals surface area contributed by atoms with E-state index in [1.165, 1.54) is 0 Å². The summed E-state index contributed by atoms with van der Waals surface area (Å²) in [5, 5.41) is 18.7. The van der Waals surface area contributed by atoms with Gasteiger partial charge in [0.1, 0.15) is 0 Å². The highest BCUT2D eigenvalue weighted by Crippen LogP contribution is 2.38. The van der Waals surface area contributed by atoms with E-state index < -0.39 is 0 Å². The lowest BCUT2D eigenvalue weighted by atomic mass is 9.70. The molecule has 2 N–H and O–H groups in total. The van der Waals surface area contributed by atoms with E-state index in [4.69, 9.17) is 14.6 Å². The molecule has 3 atom stereocenters. The minimum Gasteiger partial charge on any atom is -0.396 e. The minimum atomic E-state index is -0.133. The summed E-state index contributed by atoms with van der Waals surface area (Å²) in [6, 6.07) is 0. The molecule has 0 bridgehead atoms. The van der Waals surface area contributed by atoms with Crippen molar-refractivity contribution in [3.63, 3.8) is 0 Å². The Balaban J connectivity index is 0.000000430. The van der Waals surface area contributed by atoms with Crippen molar-refractivity contribution in [1.82, 2.24) is 0 Å². The Kier molecular flexibility index (Phi) is 13.0. The number of ether oxygens (including phenoxy) is 2. The molecule has 2 aliphatic rings. The molecule has 0 amide bonds. The highest BCUT2D eigenvalue weighted by Gasteiger charge is 2.36. The molecule has 152 valence electrons. The molecular formula is C21H44O4. The average molecular weight is 361 g/mol. The van der Waals surface area contributed by atoms with Gasteiger partial charge in [-0.1, -0.05) is 34.6 Å². The lowest BCUT2D eigenvalue weighted by Gasteiger charge is -2.40. The number of hydrogen-bond donors (Lipinski definition) is 2. The Morgan fingerprint density at radius 3 is 1.72 bits per heavy atom. The molecule has 2 rings (SSSR count). The van der Waals surface area contributed by atoms with Crippen molar-refractivity contribution < 1.29 is 19.7 Å². The maximum atomic E-state index is 9.86. The minimum absolute atomic E-state index is 0.133. The zero-order valence-electron chi connectivity index (χ0n) is 17.8. The van der Waals surface area contributed by atoms with E-state index in [1.54, 1.807) is 14.2 Å². The van der Waals surface area contributed by atoms with Crippen molar-refractivity contribution in [2.45, 2.75) is 97.9 Å². The highest BCUT2D eigenvalue weighted by atomic mass is 16.5. The molecule has 4 nitrogen and oxygen atoms in total. The number of aliphatic hydroxyl groups excluding tert-OH is 2. The molecule has 0 aliphatic heterocycles. The first-order chi connectivity index (χ1) is 11.8. The van der Waals surface area contributed by atoms with Crippen LogP contribution >= 0.6 is 0 Å². The zero-order chi connectivity index (χ0) is 19.5. The first kappa shape index (κ1) is 24.8. The maximum Gasteiger partial charge on any atom is 0.0576 e. The van der Waals surface area contributed by atoms with Gasteiger partial charge in [0.25, 0.3) is 0 Å². The van der Waals surface area contributed by atoms with Crippen LogP contribution in [0.1, 0.15) is 79.6 Å². The number of methoxy groups -OCH3 is 2. The summed E-state index contributed by atoms with van der Waals surface area (Å²) in [5.41, 5.74) is 0.191. The van der Waals surface area contributed by atoms with Crippen LogP contribution in [0.5, 0.6) is 0 Å². The van der Waals surface area contributed by atoms with Crippen molar-refractivity contribution in [2.75, 3.05) is 20.8 Å². The lowest BCUT2D eigenvalue weighted by molar-refractivity contribution is -0.0503. The molecule has 2 saturated carbocycles. The van der Waals surface area contributed by atoms with Gasteiger partial charge in [0, 0.05) is 20.8 Å².